The Balaban J connectivity index is 2.18. The SMILES string of the molecule is C#CCNC(=O)CNc1ccc2c(Cl)ccnc2c1F. The van der Waals surface area contributed by atoms with Gasteiger partial charge in [0.2, 0.25) is 5.91 Å². The van der Waals surface area contributed by atoms with Crippen LogP contribution in [0, 0.1) is 18.2 Å². The van der Waals surface area contributed by atoms with Crippen LogP contribution in [-0.2, 0) is 4.79 Å². The van der Waals surface area contributed by atoms with Gasteiger partial charge in [0.15, 0.2) is 5.82 Å². The van der Waals surface area contributed by atoms with E-state index in [2.05, 4.69) is 21.5 Å². The van der Waals surface area contributed by atoms with E-state index in [-0.39, 0.29) is 30.2 Å². The Morgan fingerprint density at radius 1 is 1.45 bits per heavy atom. The fourth-order valence-electron chi connectivity index (χ4n) is 1.67. The van der Waals surface area contributed by atoms with Gasteiger partial charge in [0.1, 0.15) is 5.52 Å². The summed E-state index contributed by atoms with van der Waals surface area (Å²) in [6.07, 6.45) is 6.45. The van der Waals surface area contributed by atoms with Crippen molar-refractivity contribution in [2.45, 2.75) is 0 Å². The van der Waals surface area contributed by atoms with E-state index in [0.29, 0.717) is 10.4 Å². The number of anilines is 1. The average molecular weight is 292 g/mol. The highest BCUT2D eigenvalue weighted by Gasteiger charge is 2.11. The van der Waals surface area contributed by atoms with E-state index in [1.165, 1.54) is 12.3 Å². The van der Waals surface area contributed by atoms with Crippen molar-refractivity contribution in [3.05, 3.63) is 35.2 Å². The van der Waals surface area contributed by atoms with Crippen LogP contribution in [0.1, 0.15) is 0 Å². The Morgan fingerprint density at radius 3 is 3.00 bits per heavy atom. The molecule has 1 aromatic heterocycles. The molecule has 0 unspecified atom stereocenters. The number of halogens is 2. The second kappa shape index (κ2) is 6.22. The van der Waals surface area contributed by atoms with Gasteiger partial charge in [-0.25, -0.2) is 4.39 Å². The van der Waals surface area contributed by atoms with Crippen molar-refractivity contribution < 1.29 is 9.18 Å². The van der Waals surface area contributed by atoms with Gasteiger partial charge in [0, 0.05) is 11.6 Å². The molecule has 102 valence electrons. The van der Waals surface area contributed by atoms with E-state index in [4.69, 9.17) is 18.0 Å². The molecule has 0 aliphatic rings. The minimum absolute atomic E-state index is 0.0787. The van der Waals surface area contributed by atoms with Crippen molar-refractivity contribution >= 4 is 34.1 Å². The maximum atomic E-state index is 14.2. The number of carbonyl (C=O) groups is 1. The summed E-state index contributed by atoms with van der Waals surface area (Å²) in [4.78, 5) is 15.3. The van der Waals surface area contributed by atoms with Gasteiger partial charge in [0.25, 0.3) is 0 Å². The lowest BCUT2D eigenvalue weighted by molar-refractivity contribution is -0.119. The van der Waals surface area contributed by atoms with E-state index in [1.807, 2.05) is 0 Å². The second-order valence-electron chi connectivity index (χ2n) is 3.95. The first-order chi connectivity index (χ1) is 9.63. The summed E-state index contributed by atoms with van der Waals surface area (Å²) in [6.45, 7) is 0.0581. The van der Waals surface area contributed by atoms with Crippen LogP contribution in [0.3, 0.4) is 0 Å². The molecule has 1 aromatic carbocycles. The van der Waals surface area contributed by atoms with Crippen LogP contribution < -0.4 is 10.6 Å². The van der Waals surface area contributed by atoms with Gasteiger partial charge in [-0.2, -0.15) is 0 Å². The maximum absolute atomic E-state index is 14.2. The van der Waals surface area contributed by atoms with Gasteiger partial charge in [-0.15, -0.1) is 6.42 Å². The number of nitrogens with one attached hydrogen (secondary N) is 2. The number of pyridine rings is 1. The highest BCUT2D eigenvalue weighted by Crippen LogP contribution is 2.27. The summed E-state index contributed by atoms with van der Waals surface area (Å²) in [7, 11) is 0. The topological polar surface area (TPSA) is 54.0 Å². The van der Waals surface area contributed by atoms with Crippen molar-refractivity contribution in [2.75, 3.05) is 18.4 Å². The molecule has 2 rings (SSSR count). The van der Waals surface area contributed by atoms with E-state index in [1.54, 1.807) is 12.1 Å². The molecule has 2 aromatic rings. The number of rotatable bonds is 4. The molecular formula is C14H11ClFN3O. The van der Waals surface area contributed by atoms with Crippen molar-refractivity contribution in [1.29, 1.82) is 0 Å². The van der Waals surface area contributed by atoms with Gasteiger partial charge in [0.05, 0.1) is 23.8 Å². The van der Waals surface area contributed by atoms with Gasteiger partial charge in [-0.05, 0) is 18.2 Å². The van der Waals surface area contributed by atoms with Crippen molar-refractivity contribution in [2.24, 2.45) is 0 Å². The number of nitrogens with zero attached hydrogens (tertiary/aromatic N) is 1. The molecule has 0 saturated heterocycles. The second-order valence-corrected chi connectivity index (χ2v) is 4.36. The Labute approximate surface area is 120 Å². The number of carbonyl (C=O) groups excluding carboxylic acids is 1. The molecule has 0 aliphatic heterocycles. The molecule has 0 fully saturated rings. The zero-order chi connectivity index (χ0) is 14.5. The van der Waals surface area contributed by atoms with Crippen LogP contribution in [0.5, 0.6) is 0 Å². The molecule has 0 bridgehead atoms. The number of fused-ring (bicyclic) bond motifs is 1. The van der Waals surface area contributed by atoms with E-state index in [0.717, 1.165) is 0 Å². The molecule has 0 spiro atoms. The predicted octanol–water partition coefficient (Wildman–Crippen LogP) is 2.19. The molecule has 1 heterocycles. The molecule has 0 saturated carbocycles. The van der Waals surface area contributed by atoms with Crippen LogP contribution in [0.25, 0.3) is 10.9 Å². The molecule has 0 atom stereocenters. The largest absolute Gasteiger partial charge is 0.374 e. The Morgan fingerprint density at radius 2 is 2.25 bits per heavy atom. The van der Waals surface area contributed by atoms with Gasteiger partial charge in [-0.3, -0.25) is 9.78 Å². The third kappa shape index (κ3) is 2.98. The first-order valence-corrected chi connectivity index (χ1v) is 6.18. The van der Waals surface area contributed by atoms with E-state index in [9.17, 15) is 9.18 Å². The molecule has 20 heavy (non-hydrogen) atoms. The smallest absolute Gasteiger partial charge is 0.240 e. The highest BCUT2D eigenvalue weighted by molar-refractivity contribution is 6.35. The zero-order valence-electron chi connectivity index (χ0n) is 10.4. The van der Waals surface area contributed by atoms with Crippen LogP contribution in [0.4, 0.5) is 10.1 Å². The quantitative estimate of drug-likeness (QED) is 0.849. The summed E-state index contributed by atoms with van der Waals surface area (Å²) in [5.41, 5.74) is 0.342. The third-order valence-corrected chi connectivity index (χ3v) is 2.95. The number of terminal acetylenes is 1. The van der Waals surface area contributed by atoms with E-state index < -0.39 is 5.82 Å². The molecule has 1 amide bonds. The van der Waals surface area contributed by atoms with Crippen molar-refractivity contribution in [3.63, 3.8) is 0 Å². The standard InChI is InChI=1S/C14H11ClFN3O/c1-2-6-17-12(20)8-19-11-4-3-9-10(15)5-7-18-14(9)13(11)16/h1,3-5,7,19H,6,8H2,(H,17,20). The Hall–Kier alpha value is -2.32. The number of aromatic nitrogens is 1. The fraction of sp³-hybridized carbons (Fsp3) is 0.143. The first-order valence-electron chi connectivity index (χ1n) is 5.80. The molecular weight excluding hydrogens is 281 g/mol. The minimum Gasteiger partial charge on any atom is -0.374 e. The number of hydrogen-bond acceptors (Lipinski definition) is 3. The molecule has 4 nitrogen and oxygen atoms in total. The number of hydrogen-bond donors (Lipinski definition) is 2. The lowest BCUT2D eigenvalue weighted by atomic mass is 10.2. The lowest BCUT2D eigenvalue weighted by Gasteiger charge is -2.09. The van der Waals surface area contributed by atoms with Crippen molar-refractivity contribution in [3.8, 4) is 12.3 Å². The normalized spacial score (nSPS) is 10.1. The van der Waals surface area contributed by atoms with Gasteiger partial charge < -0.3 is 10.6 Å². The monoisotopic (exact) mass is 291 g/mol. The zero-order valence-corrected chi connectivity index (χ0v) is 11.2. The van der Waals surface area contributed by atoms with Crippen LogP contribution in [0.2, 0.25) is 5.02 Å². The van der Waals surface area contributed by atoms with Crippen molar-refractivity contribution in [1.82, 2.24) is 10.3 Å². The molecule has 6 heteroatoms. The third-order valence-electron chi connectivity index (χ3n) is 2.62. The Bertz CT molecular complexity index is 697. The van der Waals surface area contributed by atoms with Crippen LogP contribution in [0.15, 0.2) is 24.4 Å². The minimum atomic E-state index is -0.547. The van der Waals surface area contributed by atoms with Crippen LogP contribution in [-0.4, -0.2) is 24.0 Å². The summed E-state index contributed by atoms with van der Waals surface area (Å²) in [5.74, 6) is 1.42. The summed E-state index contributed by atoms with van der Waals surface area (Å²) < 4.78 is 14.2. The summed E-state index contributed by atoms with van der Waals surface area (Å²) >= 11 is 5.96. The van der Waals surface area contributed by atoms with Gasteiger partial charge in [-0.1, -0.05) is 17.5 Å². The van der Waals surface area contributed by atoms with Gasteiger partial charge >= 0.3 is 0 Å². The molecule has 0 aliphatic carbocycles. The fourth-order valence-corrected chi connectivity index (χ4v) is 1.88. The van der Waals surface area contributed by atoms with Crippen LogP contribution >= 0.6 is 11.6 Å². The Kier molecular flexibility index (Phi) is 4.38. The predicted molar refractivity (Wildman–Crippen MR) is 77.0 cm³/mol. The molecule has 2 N–H and O–H groups in total. The highest BCUT2D eigenvalue weighted by atomic mass is 35.5. The first kappa shape index (κ1) is 14.1. The average Bonchev–Trinajstić information content (AvgIpc) is 2.45. The summed E-state index contributed by atoms with van der Waals surface area (Å²) in [5, 5.41) is 6.11. The maximum Gasteiger partial charge on any atom is 0.240 e. The summed E-state index contributed by atoms with van der Waals surface area (Å²) in [6, 6.07) is 4.75. The lowest BCUT2D eigenvalue weighted by Crippen LogP contribution is -2.30. The number of benzene rings is 1. The number of amides is 1. The molecule has 0 radical (unpaired) electrons. The van der Waals surface area contributed by atoms with E-state index >= 15 is 0 Å².